The summed E-state index contributed by atoms with van der Waals surface area (Å²) in [5, 5.41) is 3.69. The highest BCUT2D eigenvalue weighted by molar-refractivity contribution is 5.50. The van der Waals surface area contributed by atoms with E-state index in [1.165, 1.54) is 44.9 Å². The summed E-state index contributed by atoms with van der Waals surface area (Å²) in [7, 11) is 0. The van der Waals surface area contributed by atoms with Crippen molar-refractivity contribution in [1.29, 1.82) is 0 Å². The van der Waals surface area contributed by atoms with Crippen LogP contribution >= 0.6 is 0 Å². The highest BCUT2D eigenvalue weighted by atomic mass is 19.1. The third-order valence-corrected chi connectivity index (χ3v) is 5.56. The Hall–Kier alpha value is -1.09. The fourth-order valence-electron chi connectivity index (χ4n) is 4.18. The predicted octanol–water partition coefficient (Wildman–Crippen LogP) is 5.05. The van der Waals surface area contributed by atoms with Crippen LogP contribution in [-0.4, -0.2) is 19.1 Å². The van der Waals surface area contributed by atoms with Crippen molar-refractivity contribution in [2.45, 2.75) is 70.9 Å². The molecule has 23 heavy (non-hydrogen) atoms. The van der Waals surface area contributed by atoms with Crippen molar-refractivity contribution >= 4 is 5.69 Å². The van der Waals surface area contributed by atoms with Crippen LogP contribution in [0.15, 0.2) is 18.2 Å². The standard InChI is InChI=1S/C20H31FN2/c1-15-7-6-12-23(14-15)20-11-10-17(13-19(20)21)16(2)22-18-8-4-3-5-9-18/h10-11,13,15-16,18,22H,3-9,12,14H2,1-2H3/t15-,16+/m0/s1. The second kappa shape index (κ2) is 7.65. The molecule has 1 aliphatic heterocycles. The Kier molecular flexibility index (Phi) is 5.58. The number of hydrogen-bond donors (Lipinski definition) is 1. The first-order valence-electron chi connectivity index (χ1n) is 9.44. The van der Waals surface area contributed by atoms with Crippen LogP contribution in [-0.2, 0) is 0 Å². The summed E-state index contributed by atoms with van der Waals surface area (Å²) < 4.78 is 14.6. The van der Waals surface area contributed by atoms with Crippen molar-refractivity contribution in [3.63, 3.8) is 0 Å². The van der Waals surface area contributed by atoms with Gasteiger partial charge in [-0.25, -0.2) is 4.39 Å². The van der Waals surface area contributed by atoms with Gasteiger partial charge in [-0.3, -0.25) is 0 Å². The highest BCUT2D eigenvalue weighted by Gasteiger charge is 2.21. The number of piperidine rings is 1. The molecule has 0 aromatic heterocycles. The largest absolute Gasteiger partial charge is 0.369 e. The number of nitrogens with zero attached hydrogens (tertiary/aromatic N) is 1. The molecule has 128 valence electrons. The maximum atomic E-state index is 14.6. The molecule has 1 N–H and O–H groups in total. The van der Waals surface area contributed by atoms with Gasteiger partial charge in [0.1, 0.15) is 5.82 Å². The Bertz CT molecular complexity index is 510. The average molecular weight is 318 g/mol. The smallest absolute Gasteiger partial charge is 0.146 e. The Balaban J connectivity index is 1.65. The molecule has 2 fully saturated rings. The molecule has 0 spiro atoms. The molecule has 3 rings (SSSR count). The molecule has 1 aromatic carbocycles. The minimum Gasteiger partial charge on any atom is -0.369 e. The summed E-state index contributed by atoms with van der Waals surface area (Å²) in [5.74, 6) is 0.601. The first-order valence-corrected chi connectivity index (χ1v) is 9.44. The summed E-state index contributed by atoms with van der Waals surface area (Å²) in [6.45, 7) is 6.38. The van der Waals surface area contributed by atoms with Crippen LogP contribution in [0.3, 0.4) is 0 Å². The molecular formula is C20H31FN2. The monoisotopic (exact) mass is 318 g/mol. The minimum atomic E-state index is -0.0612. The van der Waals surface area contributed by atoms with E-state index in [1.54, 1.807) is 6.07 Å². The van der Waals surface area contributed by atoms with E-state index in [2.05, 4.69) is 30.1 Å². The number of halogens is 1. The first-order chi connectivity index (χ1) is 11.1. The SMILES string of the molecule is C[C@H]1CCCN(c2ccc([C@@H](C)NC3CCCCC3)cc2F)C1. The normalized spacial score (nSPS) is 24.7. The molecule has 2 nitrogen and oxygen atoms in total. The zero-order chi connectivity index (χ0) is 16.2. The van der Waals surface area contributed by atoms with Gasteiger partial charge in [-0.05, 0) is 56.2 Å². The lowest BCUT2D eigenvalue weighted by Crippen LogP contribution is -2.35. The summed E-state index contributed by atoms with van der Waals surface area (Å²) in [6.07, 6.45) is 8.97. The van der Waals surface area contributed by atoms with Crippen molar-refractivity contribution in [2.75, 3.05) is 18.0 Å². The lowest BCUT2D eigenvalue weighted by Gasteiger charge is -2.33. The van der Waals surface area contributed by atoms with E-state index in [-0.39, 0.29) is 11.9 Å². The van der Waals surface area contributed by atoms with Gasteiger partial charge in [0.05, 0.1) is 5.69 Å². The fourth-order valence-corrected chi connectivity index (χ4v) is 4.18. The summed E-state index contributed by atoms with van der Waals surface area (Å²) in [5.41, 5.74) is 1.85. The molecule has 0 radical (unpaired) electrons. The zero-order valence-electron chi connectivity index (χ0n) is 14.7. The molecule has 1 aliphatic carbocycles. The molecule has 0 amide bonds. The van der Waals surface area contributed by atoms with Gasteiger partial charge in [-0.1, -0.05) is 32.3 Å². The predicted molar refractivity (Wildman–Crippen MR) is 95.4 cm³/mol. The maximum Gasteiger partial charge on any atom is 0.146 e. The highest BCUT2D eigenvalue weighted by Crippen LogP contribution is 2.28. The molecule has 2 atom stereocenters. The van der Waals surface area contributed by atoms with Gasteiger partial charge < -0.3 is 10.2 Å². The number of rotatable bonds is 4. The van der Waals surface area contributed by atoms with Gasteiger partial charge in [0.25, 0.3) is 0 Å². The fraction of sp³-hybridized carbons (Fsp3) is 0.700. The molecule has 0 bridgehead atoms. The molecule has 2 aliphatic rings. The molecule has 0 unspecified atom stereocenters. The lowest BCUT2D eigenvalue weighted by atomic mass is 9.94. The van der Waals surface area contributed by atoms with E-state index in [0.717, 1.165) is 24.3 Å². The molecule has 1 aromatic rings. The van der Waals surface area contributed by atoms with Crippen LogP contribution in [0.5, 0.6) is 0 Å². The van der Waals surface area contributed by atoms with E-state index >= 15 is 0 Å². The number of anilines is 1. The quantitative estimate of drug-likeness (QED) is 0.836. The molecule has 1 heterocycles. The van der Waals surface area contributed by atoms with Crippen LogP contribution < -0.4 is 10.2 Å². The summed E-state index contributed by atoms with van der Waals surface area (Å²) >= 11 is 0. The third-order valence-electron chi connectivity index (χ3n) is 5.56. The molecule has 3 heteroatoms. The van der Waals surface area contributed by atoms with Gasteiger partial charge >= 0.3 is 0 Å². The molecule has 1 saturated heterocycles. The van der Waals surface area contributed by atoms with Crippen LogP contribution in [0, 0.1) is 11.7 Å². The van der Waals surface area contributed by atoms with Gasteiger partial charge in [-0.15, -0.1) is 0 Å². The Morgan fingerprint density at radius 2 is 1.91 bits per heavy atom. The maximum absolute atomic E-state index is 14.6. The number of hydrogen-bond acceptors (Lipinski definition) is 2. The van der Waals surface area contributed by atoms with Crippen LogP contribution in [0.1, 0.15) is 70.4 Å². The van der Waals surface area contributed by atoms with Crippen molar-refractivity contribution in [3.05, 3.63) is 29.6 Å². The van der Waals surface area contributed by atoms with Crippen molar-refractivity contribution in [1.82, 2.24) is 5.32 Å². The van der Waals surface area contributed by atoms with Crippen molar-refractivity contribution in [2.24, 2.45) is 5.92 Å². The number of nitrogens with one attached hydrogen (secondary N) is 1. The molecule has 1 saturated carbocycles. The van der Waals surface area contributed by atoms with E-state index in [4.69, 9.17) is 0 Å². The second-order valence-corrected chi connectivity index (χ2v) is 7.63. The topological polar surface area (TPSA) is 15.3 Å². The van der Waals surface area contributed by atoms with E-state index < -0.39 is 0 Å². The van der Waals surface area contributed by atoms with Gasteiger partial charge in [-0.2, -0.15) is 0 Å². The third kappa shape index (κ3) is 4.26. The minimum absolute atomic E-state index is 0.0612. The Morgan fingerprint density at radius 1 is 1.13 bits per heavy atom. The van der Waals surface area contributed by atoms with Gasteiger partial charge in [0.2, 0.25) is 0 Å². The van der Waals surface area contributed by atoms with Gasteiger partial charge in [0, 0.05) is 25.2 Å². The Morgan fingerprint density at radius 3 is 2.61 bits per heavy atom. The Labute approximate surface area is 140 Å². The molecular weight excluding hydrogens is 287 g/mol. The van der Waals surface area contributed by atoms with E-state index in [1.807, 2.05) is 6.07 Å². The zero-order valence-corrected chi connectivity index (χ0v) is 14.7. The van der Waals surface area contributed by atoms with E-state index in [9.17, 15) is 4.39 Å². The van der Waals surface area contributed by atoms with Crippen molar-refractivity contribution < 1.29 is 4.39 Å². The van der Waals surface area contributed by atoms with Crippen molar-refractivity contribution in [3.8, 4) is 0 Å². The van der Waals surface area contributed by atoms with E-state index in [0.29, 0.717) is 12.0 Å². The second-order valence-electron chi connectivity index (χ2n) is 7.63. The van der Waals surface area contributed by atoms with Crippen LogP contribution in [0.2, 0.25) is 0 Å². The van der Waals surface area contributed by atoms with Crippen LogP contribution in [0.25, 0.3) is 0 Å². The summed E-state index contributed by atoms with van der Waals surface area (Å²) in [6, 6.07) is 6.67. The number of benzene rings is 1. The van der Waals surface area contributed by atoms with Gasteiger partial charge in [0.15, 0.2) is 0 Å². The summed E-state index contributed by atoms with van der Waals surface area (Å²) in [4.78, 5) is 2.21. The van der Waals surface area contributed by atoms with Crippen LogP contribution in [0.4, 0.5) is 10.1 Å². The lowest BCUT2D eigenvalue weighted by molar-refractivity contribution is 0.346. The average Bonchev–Trinajstić information content (AvgIpc) is 2.55. The first kappa shape index (κ1) is 16.8.